The van der Waals surface area contributed by atoms with Crippen molar-refractivity contribution >= 4 is 23.2 Å². The molecule has 0 bridgehead atoms. The van der Waals surface area contributed by atoms with Gasteiger partial charge in [0.1, 0.15) is 11.6 Å². The zero-order valence-electron chi connectivity index (χ0n) is 11.9. The lowest BCUT2D eigenvalue weighted by atomic mass is 10.1. The number of rotatable bonds is 6. The molecule has 0 spiro atoms. The molecule has 21 heavy (non-hydrogen) atoms. The van der Waals surface area contributed by atoms with Crippen LogP contribution in [0, 0.1) is 16.0 Å². The van der Waals surface area contributed by atoms with Crippen LogP contribution in [0.25, 0.3) is 0 Å². The third-order valence-electron chi connectivity index (χ3n) is 3.48. The Morgan fingerprint density at radius 2 is 2.38 bits per heavy atom. The average molecular weight is 293 g/mol. The Bertz CT molecular complexity index is 549. The minimum Gasteiger partial charge on any atom is -0.370 e. The molecular formula is C13H19N5O3. The first kappa shape index (κ1) is 15.0. The first-order chi connectivity index (χ1) is 10.0. The zero-order valence-corrected chi connectivity index (χ0v) is 11.9. The third kappa shape index (κ3) is 3.59. The van der Waals surface area contributed by atoms with Crippen LogP contribution >= 0.6 is 0 Å². The summed E-state index contributed by atoms with van der Waals surface area (Å²) < 4.78 is 0. The summed E-state index contributed by atoms with van der Waals surface area (Å²) in [6, 6.07) is 2.85. The van der Waals surface area contributed by atoms with Crippen LogP contribution in [0.1, 0.15) is 19.8 Å². The lowest BCUT2D eigenvalue weighted by Crippen LogP contribution is -2.27. The van der Waals surface area contributed by atoms with Crippen molar-refractivity contribution in [1.29, 1.82) is 0 Å². The summed E-state index contributed by atoms with van der Waals surface area (Å²) in [5.41, 5.74) is 5.29. The second-order valence-corrected chi connectivity index (χ2v) is 5.09. The maximum absolute atomic E-state index is 11.2. The maximum Gasteiger partial charge on any atom is 0.276 e. The van der Waals surface area contributed by atoms with Crippen LogP contribution in [0.15, 0.2) is 12.1 Å². The number of nitrogens with one attached hydrogen (secondary N) is 1. The molecule has 8 heteroatoms. The van der Waals surface area contributed by atoms with Crippen LogP contribution in [-0.2, 0) is 4.79 Å². The summed E-state index contributed by atoms with van der Waals surface area (Å²) in [5, 5.41) is 14.1. The highest BCUT2D eigenvalue weighted by molar-refractivity contribution is 5.78. The first-order valence-corrected chi connectivity index (χ1v) is 6.96. The molecule has 1 unspecified atom stereocenters. The molecule has 0 aromatic carbocycles. The molecule has 3 N–H and O–H groups in total. The lowest BCUT2D eigenvalue weighted by Gasteiger charge is -2.18. The molecule has 1 aromatic rings. The Hall–Kier alpha value is -2.38. The van der Waals surface area contributed by atoms with Crippen molar-refractivity contribution in [3.63, 3.8) is 0 Å². The SMILES string of the molecule is CCCNc1cc([N+](=O)[O-])cc(N2CCC(C(N)=O)C2)n1. The molecule has 1 amide bonds. The second-order valence-electron chi connectivity index (χ2n) is 5.09. The fourth-order valence-corrected chi connectivity index (χ4v) is 2.31. The van der Waals surface area contributed by atoms with Crippen molar-refractivity contribution in [1.82, 2.24) is 4.98 Å². The van der Waals surface area contributed by atoms with Crippen molar-refractivity contribution in [3.05, 3.63) is 22.2 Å². The van der Waals surface area contributed by atoms with Crippen LogP contribution in [0.5, 0.6) is 0 Å². The van der Waals surface area contributed by atoms with E-state index >= 15 is 0 Å². The fraction of sp³-hybridized carbons (Fsp3) is 0.538. The highest BCUT2D eigenvalue weighted by Gasteiger charge is 2.28. The molecule has 1 aromatic heterocycles. The predicted octanol–water partition coefficient (Wildman–Crippen LogP) is 1.12. The highest BCUT2D eigenvalue weighted by atomic mass is 16.6. The van der Waals surface area contributed by atoms with Crippen molar-refractivity contribution in [2.75, 3.05) is 29.9 Å². The summed E-state index contributed by atoms with van der Waals surface area (Å²) >= 11 is 0. The molecular weight excluding hydrogens is 274 g/mol. The van der Waals surface area contributed by atoms with Crippen LogP contribution < -0.4 is 16.0 Å². The largest absolute Gasteiger partial charge is 0.370 e. The molecule has 1 fully saturated rings. The topological polar surface area (TPSA) is 114 Å². The molecule has 2 rings (SSSR count). The number of aromatic nitrogens is 1. The molecule has 1 aliphatic rings. The summed E-state index contributed by atoms with van der Waals surface area (Å²) in [6.45, 7) is 3.77. The van der Waals surface area contributed by atoms with Crippen LogP contribution in [-0.4, -0.2) is 35.4 Å². The maximum atomic E-state index is 11.2. The van der Waals surface area contributed by atoms with Gasteiger partial charge >= 0.3 is 0 Å². The fourth-order valence-electron chi connectivity index (χ4n) is 2.31. The van der Waals surface area contributed by atoms with Crippen LogP contribution in [0.3, 0.4) is 0 Å². The second kappa shape index (κ2) is 6.38. The van der Waals surface area contributed by atoms with E-state index in [0.29, 0.717) is 37.7 Å². The van der Waals surface area contributed by atoms with Gasteiger partial charge in [0.25, 0.3) is 5.69 Å². The molecule has 0 saturated carbocycles. The Labute approximate surface area is 122 Å². The summed E-state index contributed by atoms with van der Waals surface area (Å²) in [5.74, 6) is 0.417. The summed E-state index contributed by atoms with van der Waals surface area (Å²) in [6.07, 6.45) is 1.55. The number of pyridine rings is 1. The van der Waals surface area contributed by atoms with E-state index in [1.807, 2.05) is 11.8 Å². The van der Waals surface area contributed by atoms with Gasteiger partial charge in [0, 0.05) is 19.6 Å². The van der Waals surface area contributed by atoms with E-state index in [1.54, 1.807) is 0 Å². The number of carbonyl (C=O) groups excluding carboxylic acids is 1. The molecule has 1 aliphatic heterocycles. The Kier molecular flexibility index (Phi) is 4.56. The first-order valence-electron chi connectivity index (χ1n) is 6.96. The third-order valence-corrected chi connectivity index (χ3v) is 3.48. The number of anilines is 2. The quantitative estimate of drug-likeness (QED) is 0.600. The van der Waals surface area contributed by atoms with Crippen molar-refractivity contribution in [2.45, 2.75) is 19.8 Å². The number of hydrogen-bond donors (Lipinski definition) is 2. The minimum absolute atomic E-state index is 0.0128. The molecule has 1 saturated heterocycles. The molecule has 0 radical (unpaired) electrons. The number of nitrogens with two attached hydrogens (primary N) is 1. The normalized spacial score (nSPS) is 17.8. The van der Waals surface area contributed by atoms with Gasteiger partial charge in [0.05, 0.1) is 23.0 Å². The van der Waals surface area contributed by atoms with E-state index < -0.39 is 4.92 Å². The molecule has 114 valence electrons. The number of amides is 1. The van der Waals surface area contributed by atoms with Crippen LogP contribution in [0.4, 0.5) is 17.3 Å². The Balaban J connectivity index is 2.23. The van der Waals surface area contributed by atoms with Gasteiger partial charge in [-0.3, -0.25) is 14.9 Å². The van der Waals surface area contributed by atoms with E-state index in [1.165, 1.54) is 12.1 Å². The molecule has 0 aliphatic carbocycles. The molecule has 8 nitrogen and oxygen atoms in total. The number of hydrogen-bond acceptors (Lipinski definition) is 6. The van der Waals surface area contributed by atoms with Crippen molar-refractivity contribution in [2.24, 2.45) is 11.7 Å². The lowest BCUT2D eigenvalue weighted by molar-refractivity contribution is -0.384. The number of nitro groups is 1. The van der Waals surface area contributed by atoms with Crippen molar-refractivity contribution < 1.29 is 9.72 Å². The predicted molar refractivity (Wildman–Crippen MR) is 79.2 cm³/mol. The van der Waals surface area contributed by atoms with Gasteiger partial charge in [-0.25, -0.2) is 4.98 Å². The van der Waals surface area contributed by atoms with E-state index in [2.05, 4.69) is 10.3 Å². The average Bonchev–Trinajstić information content (AvgIpc) is 2.94. The highest BCUT2D eigenvalue weighted by Crippen LogP contribution is 2.27. The van der Waals surface area contributed by atoms with E-state index in [-0.39, 0.29) is 17.5 Å². The Morgan fingerprint density at radius 3 is 2.95 bits per heavy atom. The molecule has 1 atom stereocenters. The van der Waals surface area contributed by atoms with Gasteiger partial charge in [-0.2, -0.15) is 0 Å². The van der Waals surface area contributed by atoms with Gasteiger partial charge in [-0.1, -0.05) is 6.92 Å². The van der Waals surface area contributed by atoms with Gasteiger partial charge in [-0.05, 0) is 12.8 Å². The standard InChI is InChI=1S/C13H19N5O3/c1-2-4-15-11-6-10(18(20)21)7-12(16-11)17-5-3-9(8-17)13(14)19/h6-7,9H,2-5,8H2,1H3,(H2,14,19)(H,15,16). The zero-order chi connectivity index (χ0) is 15.4. The minimum atomic E-state index is -0.441. The van der Waals surface area contributed by atoms with Gasteiger partial charge in [-0.15, -0.1) is 0 Å². The summed E-state index contributed by atoms with van der Waals surface area (Å²) in [4.78, 5) is 28.0. The van der Waals surface area contributed by atoms with E-state index in [9.17, 15) is 14.9 Å². The van der Waals surface area contributed by atoms with Gasteiger partial charge in [0.15, 0.2) is 0 Å². The summed E-state index contributed by atoms with van der Waals surface area (Å²) in [7, 11) is 0. The van der Waals surface area contributed by atoms with Gasteiger partial charge < -0.3 is 16.0 Å². The smallest absolute Gasteiger partial charge is 0.276 e. The number of nitrogens with zero attached hydrogens (tertiary/aromatic N) is 3. The van der Waals surface area contributed by atoms with E-state index in [0.717, 1.165) is 6.42 Å². The Morgan fingerprint density at radius 1 is 1.62 bits per heavy atom. The van der Waals surface area contributed by atoms with Crippen LogP contribution in [0.2, 0.25) is 0 Å². The van der Waals surface area contributed by atoms with Crippen molar-refractivity contribution in [3.8, 4) is 0 Å². The van der Waals surface area contributed by atoms with E-state index in [4.69, 9.17) is 5.73 Å². The van der Waals surface area contributed by atoms with Gasteiger partial charge in [0.2, 0.25) is 5.91 Å². The number of carbonyl (C=O) groups is 1. The monoisotopic (exact) mass is 293 g/mol. The number of primary amides is 1. The molecule has 2 heterocycles.